The van der Waals surface area contributed by atoms with E-state index < -0.39 is 5.97 Å². The van der Waals surface area contributed by atoms with Gasteiger partial charge in [0, 0.05) is 11.8 Å². The fourth-order valence-electron chi connectivity index (χ4n) is 2.25. The molecule has 0 unspecified atom stereocenters. The molecule has 3 aromatic rings. The number of anilines is 1. The summed E-state index contributed by atoms with van der Waals surface area (Å²) in [5, 5.41) is 13.6. The molecule has 6 nitrogen and oxygen atoms in total. The van der Waals surface area contributed by atoms with Gasteiger partial charge >= 0.3 is 5.97 Å². The molecular weight excluding hydrogens is 294 g/mol. The van der Waals surface area contributed by atoms with Crippen LogP contribution in [0, 0.1) is 0 Å². The molecule has 3 rings (SSSR count). The highest BCUT2D eigenvalue weighted by atomic mass is 16.5. The van der Waals surface area contributed by atoms with Crippen LogP contribution in [-0.2, 0) is 4.79 Å². The van der Waals surface area contributed by atoms with Crippen LogP contribution in [0.15, 0.2) is 48.7 Å². The molecule has 0 saturated carbocycles. The number of aliphatic carboxylic acids is 1. The van der Waals surface area contributed by atoms with Gasteiger partial charge in [0.25, 0.3) is 0 Å². The van der Waals surface area contributed by atoms with Crippen LogP contribution in [0.3, 0.4) is 0 Å². The van der Waals surface area contributed by atoms with Crippen LogP contribution in [0.5, 0.6) is 5.75 Å². The maximum Gasteiger partial charge on any atom is 0.322 e. The van der Waals surface area contributed by atoms with E-state index in [2.05, 4.69) is 15.3 Å². The number of carboxylic acids is 1. The third kappa shape index (κ3) is 3.37. The Morgan fingerprint density at radius 2 is 1.96 bits per heavy atom. The summed E-state index contributed by atoms with van der Waals surface area (Å²) in [7, 11) is 1.64. The maximum atomic E-state index is 10.6. The zero-order valence-electron chi connectivity index (χ0n) is 12.5. The number of carboxylic acid groups (broad SMARTS) is 1. The normalized spacial score (nSPS) is 10.5. The highest BCUT2D eigenvalue weighted by molar-refractivity contribution is 5.87. The quantitative estimate of drug-likeness (QED) is 0.754. The van der Waals surface area contributed by atoms with E-state index in [4.69, 9.17) is 9.84 Å². The molecule has 0 amide bonds. The van der Waals surface area contributed by atoms with Gasteiger partial charge in [0.2, 0.25) is 0 Å². The van der Waals surface area contributed by atoms with Gasteiger partial charge in [-0.25, -0.2) is 9.97 Å². The molecule has 116 valence electrons. The molecule has 1 heterocycles. The largest absolute Gasteiger partial charge is 0.497 e. The molecule has 0 spiro atoms. The van der Waals surface area contributed by atoms with Crippen LogP contribution >= 0.6 is 0 Å². The smallest absolute Gasteiger partial charge is 0.322 e. The molecular formula is C17H15N3O3. The molecule has 0 atom stereocenters. The summed E-state index contributed by atoms with van der Waals surface area (Å²) in [5.41, 5.74) is 0.863. The van der Waals surface area contributed by atoms with E-state index >= 15 is 0 Å². The number of fused-ring (bicyclic) bond motifs is 1. The summed E-state index contributed by atoms with van der Waals surface area (Å²) in [6.07, 6.45) is 1.60. The predicted molar refractivity (Wildman–Crippen MR) is 87.7 cm³/mol. The molecule has 23 heavy (non-hydrogen) atoms. The van der Waals surface area contributed by atoms with Crippen molar-refractivity contribution in [2.75, 3.05) is 19.0 Å². The minimum atomic E-state index is -0.940. The van der Waals surface area contributed by atoms with Crippen molar-refractivity contribution in [1.82, 2.24) is 9.97 Å². The van der Waals surface area contributed by atoms with Gasteiger partial charge in [-0.3, -0.25) is 4.79 Å². The minimum Gasteiger partial charge on any atom is -0.497 e. The SMILES string of the molecule is COc1ccc2cc(-c3nccc(NCC(=O)O)n3)ccc2c1. The number of hydrogen-bond acceptors (Lipinski definition) is 5. The second-order valence-corrected chi connectivity index (χ2v) is 4.94. The zero-order chi connectivity index (χ0) is 16.2. The molecule has 2 aromatic carbocycles. The summed E-state index contributed by atoms with van der Waals surface area (Å²) in [5.74, 6) is 0.886. The van der Waals surface area contributed by atoms with Crippen LogP contribution in [0.25, 0.3) is 22.2 Å². The van der Waals surface area contributed by atoms with E-state index in [-0.39, 0.29) is 6.54 Å². The Morgan fingerprint density at radius 1 is 1.17 bits per heavy atom. The molecule has 0 saturated heterocycles. The second kappa shape index (κ2) is 6.31. The lowest BCUT2D eigenvalue weighted by molar-refractivity contribution is -0.134. The van der Waals surface area contributed by atoms with Gasteiger partial charge < -0.3 is 15.2 Å². The van der Waals surface area contributed by atoms with E-state index in [1.807, 2.05) is 36.4 Å². The van der Waals surface area contributed by atoms with Gasteiger partial charge in [-0.05, 0) is 35.0 Å². The van der Waals surface area contributed by atoms with E-state index in [9.17, 15) is 4.79 Å². The topological polar surface area (TPSA) is 84.3 Å². The fraction of sp³-hybridized carbons (Fsp3) is 0.118. The lowest BCUT2D eigenvalue weighted by Gasteiger charge is -2.07. The third-order valence-electron chi connectivity index (χ3n) is 3.38. The van der Waals surface area contributed by atoms with E-state index in [1.165, 1.54) is 0 Å². The first kappa shape index (κ1) is 14.8. The van der Waals surface area contributed by atoms with Gasteiger partial charge in [-0.1, -0.05) is 18.2 Å². The number of nitrogens with zero attached hydrogens (tertiary/aromatic N) is 2. The Labute approximate surface area is 132 Å². The molecule has 0 aliphatic heterocycles. The Hall–Kier alpha value is -3.15. The monoisotopic (exact) mass is 309 g/mol. The zero-order valence-corrected chi connectivity index (χ0v) is 12.5. The van der Waals surface area contributed by atoms with Gasteiger partial charge in [0.15, 0.2) is 5.82 Å². The molecule has 0 fully saturated rings. The molecule has 0 aliphatic rings. The summed E-state index contributed by atoms with van der Waals surface area (Å²) in [4.78, 5) is 19.2. The Bertz CT molecular complexity index is 865. The van der Waals surface area contributed by atoms with Crippen LogP contribution < -0.4 is 10.1 Å². The second-order valence-electron chi connectivity index (χ2n) is 4.94. The molecule has 2 N–H and O–H groups in total. The average molecular weight is 309 g/mol. The van der Waals surface area contributed by atoms with Crippen molar-refractivity contribution in [3.05, 3.63) is 48.7 Å². The van der Waals surface area contributed by atoms with Crippen molar-refractivity contribution in [3.8, 4) is 17.1 Å². The standard InChI is InChI=1S/C17H15N3O3/c1-23-14-5-4-11-8-13(3-2-12(11)9-14)17-18-7-6-15(20-17)19-10-16(21)22/h2-9H,10H2,1H3,(H,21,22)(H,18,19,20). The van der Waals surface area contributed by atoms with Gasteiger partial charge in [0.05, 0.1) is 7.11 Å². The molecule has 6 heteroatoms. The van der Waals surface area contributed by atoms with E-state index in [0.717, 1.165) is 22.1 Å². The Balaban J connectivity index is 1.93. The number of nitrogens with one attached hydrogen (secondary N) is 1. The molecule has 0 aliphatic carbocycles. The van der Waals surface area contributed by atoms with Gasteiger partial charge in [0.1, 0.15) is 18.1 Å². The first-order chi connectivity index (χ1) is 11.2. The summed E-state index contributed by atoms with van der Waals surface area (Å²) in [6.45, 7) is -0.187. The van der Waals surface area contributed by atoms with Crippen molar-refractivity contribution in [3.63, 3.8) is 0 Å². The van der Waals surface area contributed by atoms with Crippen molar-refractivity contribution in [2.45, 2.75) is 0 Å². The lowest BCUT2D eigenvalue weighted by Crippen LogP contribution is -2.13. The number of hydrogen-bond donors (Lipinski definition) is 2. The summed E-state index contributed by atoms with van der Waals surface area (Å²) >= 11 is 0. The Morgan fingerprint density at radius 3 is 2.74 bits per heavy atom. The third-order valence-corrected chi connectivity index (χ3v) is 3.38. The Kier molecular flexibility index (Phi) is 4.05. The number of methoxy groups -OCH3 is 1. The first-order valence-corrected chi connectivity index (χ1v) is 7.02. The van der Waals surface area contributed by atoms with E-state index in [0.29, 0.717) is 11.6 Å². The van der Waals surface area contributed by atoms with E-state index in [1.54, 1.807) is 19.4 Å². The average Bonchev–Trinajstić information content (AvgIpc) is 2.59. The van der Waals surface area contributed by atoms with Gasteiger partial charge in [-0.15, -0.1) is 0 Å². The van der Waals surface area contributed by atoms with Crippen LogP contribution in [0.4, 0.5) is 5.82 Å². The van der Waals surface area contributed by atoms with Crippen molar-refractivity contribution >= 4 is 22.6 Å². The first-order valence-electron chi connectivity index (χ1n) is 7.02. The molecule has 0 radical (unpaired) electrons. The minimum absolute atomic E-state index is 0.187. The fourth-order valence-corrected chi connectivity index (χ4v) is 2.25. The lowest BCUT2D eigenvalue weighted by atomic mass is 10.1. The number of aromatic nitrogens is 2. The number of carbonyl (C=O) groups is 1. The van der Waals surface area contributed by atoms with Crippen molar-refractivity contribution in [2.24, 2.45) is 0 Å². The number of rotatable bonds is 5. The predicted octanol–water partition coefficient (Wildman–Crippen LogP) is 2.80. The van der Waals surface area contributed by atoms with Crippen molar-refractivity contribution in [1.29, 1.82) is 0 Å². The molecule has 0 bridgehead atoms. The van der Waals surface area contributed by atoms with Crippen LogP contribution in [0.1, 0.15) is 0 Å². The molecule has 1 aromatic heterocycles. The number of ether oxygens (including phenoxy) is 1. The highest BCUT2D eigenvalue weighted by Crippen LogP contribution is 2.25. The summed E-state index contributed by atoms with van der Waals surface area (Å²) < 4.78 is 5.22. The summed E-state index contributed by atoms with van der Waals surface area (Å²) in [6, 6.07) is 13.4. The maximum absolute atomic E-state index is 10.6. The van der Waals surface area contributed by atoms with Crippen molar-refractivity contribution < 1.29 is 14.6 Å². The van der Waals surface area contributed by atoms with Crippen LogP contribution in [-0.4, -0.2) is 34.7 Å². The highest BCUT2D eigenvalue weighted by Gasteiger charge is 2.06. The van der Waals surface area contributed by atoms with Gasteiger partial charge in [-0.2, -0.15) is 0 Å². The van der Waals surface area contributed by atoms with Crippen LogP contribution in [0.2, 0.25) is 0 Å². The number of benzene rings is 2.